The molecule has 218 valence electrons. The predicted molar refractivity (Wildman–Crippen MR) is 157 cm³/mol. The minimum absolute atomic E-state index is 0.131. The molecule has 2 N–H and O–H groups in total. The Morgan fingerprint density at radius 2 is 1.98 bits per heavy atom. The zero-order valence-corrected chi connectivity index (χ0v) is 25.2. The first-order chi connectivity index (χ1) is 19.6. The van der Waals surface area contributed by atoms with Crippen LogP contribution in [0.15, 0.2) is 29.9 Å². The molecule has 1 aliphatic heterocycles. The van der Waals surface area contributed by atoms with E-state index in [-0.39, 0.29) is 30.8 Å². The van der Waals surface area contributed by atoms with Gasteiger partial charge in [0.15, 0.2) is 0 Å². The van der Waals surface area contributed by atoms with Crippen molar-refractivity contribution in [2.45, 2.75) is 103 Å². The van der Waals surface area contributed by atoms with Crippen LogP contribution in [0.25, 0.3) is 10.4 Å². The van der Waals surface area contributed by atoms with Gasteiger partial charge in [-0.3, -0.25) is 9.59 Å². The van der Waals surface area contributed by atoms with Gasteiger partial charge in [0, 0.05) is 25.1 Å². The van der Waals surface area contributed by atoms with Crippen LogP contribution in [0.1, 0.15) is 99.8 Å². The number of aliphatic hydroxyl groups excluding tert-OH is 1. The van der Waals surface area contributed by atoms with Gasteiger partial charge in [-0.25, -0.2) is 9.67 Å². The fourth-order valence-corrected chi connectivity index (χ4v) is 7.25. The highest BCUT2D eigenvalue weighted by Gasteiger charge is 2.46. The highest BCUT2D eigenvalue weighted by molar-refractivity contribution is 7.13. The number of nitrogens with zero attached hydrogens (tertiary/aromatic N) is 5. The molecule has 0 bridgehead atoms. The number of hydrogen-bond acceptors (Lipinski definition) is 7. The van der Waals surface area contributed by atoms with Crippen molar-refractivity contribution >= 4 is 23.2 Å². The first-order valence-electron chi connectivity index (χ1n) is 14.8. The smallest absolute Gasteiger partial charge is 0.248 e. The molecular weight excluding hydrogens is 536 g/mol. The number of rotatable bonds is 6. The number of fused-ring (bicyclic) bond motifs is 1. The molecule has 0 radical (unpaired) electrons. The Bertz CT molecular complexity index is 1440. The molecule has 1 saturated carbocycles. The van der Waals surface area contributed by atoms with Crippen LogP contribution in [0, 0.1) is 12.3 Å². The van der Waals surface area contributed by atoms with E-state index in [1.165, 1.54) is 10.4 Å². The molecule has 3 aromatic rings. The molecule has 1 aromatic carbocycles. The number of carbonyl (C=O) groups is 2. The van der Waals surface area contributed by atoms with E-state index in [0.29, 0.717) is 5.92 Å². The van der Waals surface area contributed by atoms with Gasteiger partial charge >= 0.3 is 0 Å². The summed E-state index contributed by atoms with van der Waals surface area (Å²) in [6.07, 6.45) is 7.44. The number of amides is 2. The third-order valence-corrected chi connectivity index (χ3v) is 9.72. The summed E-state index contributed by atoms with van der Waals surface area (Å²) in [5.41, 5.74) is 6.92. The lowest BCUT2D eigenvalue weighted by molar-refractivity contribution is -0.144. The second kappa shape index (κ2) is 10.9. The van der Waals surface area contributed by atoms with Gasteiger partial charge in [0.25, 0.3) is 0 Å². The van der Waals surface area contributed by atoms with Gasteiger partial charge in [-0.05, 0) is 67.2 Å². The van der Waals surface area contributed by atoms with E-state index in [1.807, 2.05) is 39.4 Å². The molecule has 6 rings (SSSR count). The SMILES string of the molecule is Cc1ncsc1-c1ccc2c(c1)CCCC[C@@H]2NC(=O)C1C[C@@H](O)CN1C(=O)[C@@H](n1cc(C2CC2)nn1)C(C)(C)C. The summed E-state index contributed by atoms with van der Waals surface area (Å²) >= 11 is 1.65. The molecule has 3 heterocycles. The molecule has 2 aliphatic carbocycles. The average molecular weight is 577 g/mol. The lowest BCUT2D eigenvalue weighted by Crippen LogP contribution is -2.50. The zero-order valence-electron chi connectivity index (χ0n) is 24.3. The lowest BCUT2D eigenvalue weighted by atomic mass is 9.85. The Morgan fingerprint density at radius 1 is 1.17 bits per heavy atom. The molecule has 3 aliphatic rings. The molecule has 2 fully saturated rings. The van der Waals surface area contributed by atoms with Crippen molar-refractivity contribution in [2.24, 2.45) is 5.41 Å². The van der Waals surface area contributed by atoms with E-state index in [9.17, 15) is 14.7 Å². The molecular formula is C31H40N6O3S. The van der Waals surface area contributed by atoms with E-state index in [0.717, 1.165) is 61.0 Å². The van der Waals surface area contributed by atoms with Crippen molar-refractivity contribution in [1.29, 1.82) is 0 Å². The number of aromatic nitrogens is 4. The number of aliphatic hydroxyl groups is 1. The quantitative estimate of drug-likeness (QED) is 0.411. The third kappa shape index (κ3) is 5.68. The second-order valence-corrected chi connectivity index (χ2v) is 13.9. The van der Waals surface area contributed by atoms with Crippen LogP contribution in [0.3, 0.4) is 0 Å². The van der Waals surface area contributed by atoms with Gasteiger partial charge in [-0.15, -0.1) is 16.4 Å². The van der Waals surface area contributed by atoms with Gasteiger partial charge in [0.05, 0.1) is 33.9 Å². The highest BCUT2D eigenvalue weighted by Crippen LogP contribution is 2.41. The summed E-state index contributed by atoms with van der Waals surface area (Å²) in [5.74, 6) is 0.0171. The Labute approximate surface area is 245 Å². The topological polar surface area (TPSA) is 113 Å². The minimum atomic E-state index is -0.750. The molecule has 10 heteroatoms. The number of likely N-dealkylation sites (tertiary alicyclic amines) is 1. The molecule has 2 aromatic heterocycles. The van der Waals surface area contributed by atoms with Crippen molar-refractivity contribution in [2.75, 3.05) is 6.54 Å². The minimum Gasteiger partial charge on any atom is -0.391 e. The second-order valence-electron chi connectivity index (χ2n) is 13.0. The average Bonchev–Trinajstić information content (AvgIpc) is 3.37. The van der Waals surface area contributed by atoms with Crippen molar-refractivity contribution in [3.8, 4) is 10.4 Å². The van der Waals surface area contributed by atoms with Gasteiger partial charge in [-0.1, -0.05) is 44.5 Å². The maximum atomic E-state index is 14.1. The zero-order chi connectivity index (χ0) is 28.9. The van der Waals surface area contributed by atoms with Crippen molar-refractivity contribution < 1.29 is 14.7 Å². The summed E-state index contributed by atoms with van der Waals surface area (Å²) in [5, 5.41) is 22.6. The Morgan fingerprint density at radius 3 is 2.68 bits per heavy atom. The molecule has 4 atom stereocenters. The first kappa shape index (κ1) is 28.0. The fourth-order valence-electron chi connectivity index (χ4n) is 6.45. The fraction of sp³-hybridized carbons (Fsp3) is 0.581. The highest BCUT2D eigenvalue weighted by atomic mass is 32.1. The Hall–Kier alpha value is -3.11. The molecule has 2 amide bonds. The van der Waals surface area contributed by atoms with E-state index in [1.54, 1.807) is 20.9 Å². The van der Waals surface area contributed by atoms with Crippen molar-refractivity contribution in [1.82, 2.24) is 30.2 Å². The van der Waals surface area contributed by atoms with Crippen LogP contribution in [-0.4, -0.2) is 60.5 Å². The molecule has 9 nitrogen and oxygen atoms in total. The van der Waals surface area contributed by atoms with E-state index < -0.39 is 23.6 Å². The van der Waals surface area contributed by atoms with Gasteiger partial charge in [0.1, 0.15) is 12.1 Å². The summed E-state index contributed by atoms with van der Waals surface area (Å²) < 4.78 is 1.67. The van der Waals surface area contributed by atoms with Crippen LogP contribution in [0.2, 0.25) is 0 Å². The number of thiazole rings is 1. The molecule has 41 heavy (non-hydrogen) atoms. The van der Waals surface area contributed by atoms with Crippen molar-refractivity contribution in [3.63, 3.8) is 0 Å². The van der Waals surface area contributed by atoms with Crippen LogP contribution in [-0.2, 0) is 16.0 Å². The van der Waals surface area contributed by atoms with E-state index >= 15 is 0 Å². The number of aryl methyl sites for hydroxylation is 2. The number of β-amino-alcohol motifs (C(OH)–C–C–N with tert-alkyl or cyclic N) is 1. The molecule has 0 spiro atoms. The molecule has 1 unspecified atom stereocenters. The van der Waals surface area contributed by atoms with Gasteiger partial charge in [-0.2, -0.15) is 0 Å². The number of hydrogen-bond donors (Lipinski definition) is 2. The van der Waals surface area contributed by atoms with Crippen LogP contribution < -0.4 is 5.32 Å². The standard InChI is InChI=1S/C31H40N6O3S/c1-18-27(41-17-32-18)21-11-12-23-20(13-21)7-5-6-8-24(23)33-29(39)26-14-22(38)15-36(26)30(40)28(31(2,3)4)37-16-25(34-35-37)19-9-10-19/h11-13,16-17,19,22,24,26,28,38H,5-10,14-15H2,1-4H3,(H,33,39)/t22-,24+,26?,28-/m1/s1. The lowest BCUT2D eigenvalue weighted by Gasteiger charge is -2.35. The predicted octanol–water partition coefficient (Wildman–Crippen LogP) is 4.72. The van der Waals surface area contributed by atoms with Gasteiger partial charge in [0.2, 0.25) is 11.8 Å². The first-order valence-corrected chi connectivity index (χ1v) is 15.7. The monoisotopic (exact) mass is 576 g/mol. The van der Waals surface area contributed by atoms with Crippen LogP contribution in [0.5, 0.6) is 0 Å². The van der Waals surface area contributed by atoms with Crippen LogP contribution >= 0.6 is 11.3 Å². The number of nitrogens with one attached hydrogen (secondary N) is 1. The normalized spacial score (nSPS) is 23.6. The Kier molecular flexibility index (Phi) is 7.48. The summed E-state index contributed by atoms with van der Waals surface area (Å²) in [7, 11) is 0. The maximum absolute atomic E-state index is 14.1. The third-order valence-electron chi connectivity index (χ3n) is 8.74. The Balaban J connectivity index is 1.23. The molecule has 1 saturated heterocycles. The number of carbonyl (C=O) groups excluding carboxylic acids is 2. The van der Waals surface area contributed by atoms with Crippen molar-refractivity contribution in [3.05, 3.63) is 52.4 Å². The van der Waals surface area contributed by atoms with Gasteiger partial charge < -0.3 is 15.3 Å². The van der Waals surface area contributed by atoms with Crippen LogP contribution in [0.4, 0.5) is 0 Å². The largest absolute Gasteiger partial charge is 0.391 e. The van der Waals surface area contributed by atoms with E-state index in [2.05, 4.69) is 38.8 Å². The number of benzene rings is 1. The summed E-state index contributed by atoms with van der Waals surface area (Å²) in [4.78, 5) is 35.1. The maximum Gasteiger partial charge on any atom is 0.248 e. The van der Waals surface area contributed by atoms with E-state index in [4.69, 9.17) is 0 Å². The summed E-state index contributed by atoms with van der Waals surface area (Å²) in [6.45, 7) is 8.16. The summed E-state index contributed by atoms with van der Waals surface area (Å²) in [6, 6.07) is 5.01.